The Labute approximate surface area is 211 Å². The van der Waals surface area contributed by atoms with Crippen molar-refractivity contribution in [2.24, 2.45) is 56.7 Å². The SMILES string of the molecule is C[C@H]1[C@H](C)CC[C@]2(C(=O)O)CC[C@]3(C)C(=CC[C@@H]4[C@@]5(C)C[C@@H](O)[C@H](O)C(C)(C)[C@H]5[C@H](O)C[C@]43C)[C@H]12. The van der Waals surface area contributed by atoms with Crippen LogP contribution in [0.1, 0.15) is 93.4 Å². The van der Waals surface area contributed by atoms with E-state index in [9.17, 15) is 25.2 Å². The van der Waals surface area contributed by atoms with Gasteiger partial charge in [0.2, 0.25) is 0 Å². The highest BCUT2D eigenvalue weighted by atomic mass is 16.4. The van der Waals surface area contributed by atoms with Crippen LogP contribution >= 0.6 is 0 Å². The molecule has 12 atom stereocenters. The Morgan fingerprint density at radius 3 is 2.23 bits per heavy atom. The molecule has 0 amide bonds. The van der Waals surface area contributed by atoms with Crippen LogP contribution in [-0.4, -0.2) is 44.7 Å². The van der Waals surface area contributed by atoms with E-state index >= 15 is 0 Å². The van der Waals surface area contributed by atoms with Gasteiger partial charge in [0, 0.05) is 0 Å². The number of aliphatic hydroxyl groups is 3. The zero-order chi connectivity index (χ0) is 25.9. The topological polar surface area (TPSA) is 98.0 Å². The summed E-state index contributed by atoms with van der Waals surface area (Å²) in [7, 11) is 0. The van der Waals surface area contributed by atoms with E-state index in [4.69, 9.17) is 0 Å². The number of allylic oxidation sites excluding steroid dienone is 2. The van der Waals surface area contributed by atoms with Gasteiger partial charge in [0.05, 0.1) is 23.7 Å². The predicted octanol–water partition coefficient (Wildman–Crippen LogP) is 5.03. The summed E-state index contributed by atoms with van der Waals surface area (Å²) in [5.74, 6) is 0.383. The molecule has 0 aromatic rings. The molecule has 35 heavy (non-hydrogen) atoms. The average molecular weight is 489 g/mol. The van der Waals surface area contributed by atoms with E-state index in [0.717, 1.165) is 25.7 Å². The Balaban J connectivity index is 1.65. The molecule has 0 aromatic carbocycles. The highest BCUT2D eigenvalue weighted by molar-refractivity contribution is 5.76. The number of carbonyl (C=O) groups is 1. The van der Waals surface area contributed by atoms with Crippen molar-refractivity contribution in [1.29, 1.82) is 0 Å². The van der Waals surface area contributed by atoms with Gasteiger partial charge in [-0.1, -0.05) is 60.1 Å². The Morgan fingerprint density at radius 1 is 0.943 bits per heavy atom. The van der Waals surface area contributed by atoms with E-state index in [1.54, 1.807) is 0 Å². The first-order valence-corrected chi connectivity index (χ1v) is 14.1. The highest BCUT2D eigenvalue weighted by Crippen LogP contribution is 2.75. The Hall–Kier alpha value is -0.910. The van der Waals surface area contributed by atoms with Gasteiger partial charge in [-0.25, -0.2) is 0 Å². The van der Waals surface area contributed by atoms with Crippen LogP contribution in [0, 0.1) is 56.7 Å². The van der Waals surface area contributed by atoms with Crippen molar-refractivity contribution in [3.8, 4) is 0 Å². The van der Waals surface area contributed by atoms with Gasteiger partial charge in [-0.2, -0.15) is 0 Å². The van der Waals surface area contributed by atoms with Crippen molar-refractivity contribution in [2.75, 3.05) is 0 Å². The van der Waals surface area contributed by atoms with Crippen molar-refractivity contribution in [1.82, 2.24) is 0 Å². The molecule has 5 heteroatoms. The van der Waals surface area contributed by atoms with Gasteiger partial charge in [-0.3, -0.25) is 4.79 Å². The number of carboxylic acids is 1. The molecule has 4 saturated carbocycles. The summed E-state index contributed by atoms with van der Waals surface area (Å²) in [4.78, 5) is 12.8. The molecule has 5 aliphatic rings. The lowest BCUT2D eigenvalue weighted by Crippen LogP contribution is -2.70. The first-order chi connectivity index (χ1) is 16.1. The summed E-state index contributed by atoms with van der Waals surface area (Å²) in [5, 5.41) is 44.2. The maximum absolute atomic E-state index is 12.8. The molecule has 5 aliphatic carbocycles. The summed E-state index contributed by atoms with van der Waals surface area (Å²) in [5.41, 5.74) is -0.625. The molecular formula is C30H48O5. The maximum Gasteiger partial charge on any atom is 0.310 e. The third kappa shape index (κ3) is 2.95. The average Bonchev–Trinajstić information content (AvgIpc) is 2.74. The number of hydrogen-bond acceptors (Lipinski definition) is 4. The second-order valence-corrected chi connectivity index (χ2v) is 14.8. The summed E-state index contributed by atoms with van der Waals surface area (Å²) >= 11 is 0. The maximum atomic E-state index is 12.8. The van der Waals surface area contributed by atoms with Crippen LogP contribution in [0.25, 0.3) is 0 Å². The second-order valence-electron chi connectivity index (χ2n) is 14.8. The minimum absolute atomic E-state index is 0.0400. The smallest absolute Gasteiger partial charge is 0.310 e. The fourth-order valence-electron chi connectivity index (χ4n) is 11.2. The summed E-state index contributed by atoms with van der Waals surface area (Å²) < 4.78 is 0. The number of rotatable bonds is 1. The predicted molar refractivity (Wildman–Crippen MR) is 135 cm³/mol. The summed E-state index contributed by atoms with van der Waals surface area (Å²) in [6, 6.07) is 0. The highest BCUT2D eigenvalue weighted by Gasteiger charge is 2.72. The van der Waals surface area contributed by atoms with Gasteiger partial charge in [0.15, 0.2) is 0 Å². The first kappa shape index (κ1) is 25.7. The lowest BCUT2D eigenvalue weighted by atomic mass is 9.32. The third-order valence-electron chi connectivity index (χ3n) is 13.2. The van der Waals surface area contributed by atoms with Crippen LogP contribution in [-0.2, 0) is 4.79 Å². The fourth-order valence-corrected chi connectivity index (χ4v) is 11.2. The van der Waals surface area contributed by atoms with Crippen molar-refractivity contribution in [2.45, 2.75) is 112 Å². The third-order valence-corrected chi connectivity index (χ3v) is 13.2. The molecular weight excluding hydrogens is 440 g/mol. The van der Waals surface area contributed by atoms with E-state index in [2.05, 4.69) is 40.7 Å². The molecule has 0 aromatic heterocycles. The second kappa shape index (κ2) is 7.57. The first-order valence-electron chi connectivity index (χ1n) is 14.1. The van der Waals surface area contributed by atoms with Crippen LogP contribution in [0.15, 0.2) is 11.6 Å². The van der Waals surface area contributed by atoms with Gasteiger partial charge in [0.1, 0.15) is 0 Å². The van der Waals surface area contributed by atoms with Crippen molar-refractivity contribution in [3.63, 3.8) is 0 Å². The van der Waals surface area contributed by atoms with Gasteiger partial charge in [-0.05, 0) is 96.2 Å². The molecule has 0 radical (unpaired) electrons. The van der Waals surface area contributed by atoms with E-state index in [1.807, 2.05) is 13.8 Å². The summed E-state index contributed by atoms with van der Waals surface area (Å²) in [6.07, 6.45) is 5.46. The zero-order valence-electron chi connectivity index (χ0n) is 22.8. The number of carboxylic acid groups (broad SMARTS) is 1. The normalized spacial score (nSPS) is 57.1. The number of aliphatic carboxylic acids is 1. The minimum atomic E-state index is -0.847. The molecule has 0 saturated heterocycles. The van der Waals surface area contributed by atoms with Crippen molar-refractivity contribution >= 4 is 5.97 Å². The number of fused-ring (bicyclic) bond motifs is 7. The van der Waals surface area contributed by atoms with E-state index in [0.29, 0.717) is 31.1 Å². The van der Waals surface area contributed by atoms with E-state index in [1.165, 1.54) is 5.57 Å². The molecule has 0 aliphatic heterocycles. The van der Waals surface area contributed by atoms with Crippen LogP contribution < -0.4 is 0 Å². The van der Waals surface area contributed by atoms with Crippen molar-refractivity contribution in [3.05, 3.63) is 11.6 Å². The van der Waals surface area contributed by atoms with E-state index < -0.39 is 35.1 Å². The van der Waals surface area contributed by atoms with Crippen LogP contribution in [0.4, 0.5) is 0 Å². The zero-order valence-corrected chi connectivity index (χ0v) is 22.8. The number of hydrogen-bond donors (Lipinski definition) is 4. The van der Waals surface area contributed by atoms with Crippen LogP contribution in [0.2, 0.25) is 0 Å². The molecule has 0 unspecified atom stereocenters. The number of aliphatic hydroxyl groups excluding tert-OH is 3. The Kier molecular flexibility index (Phi) is 5.56. The Bertz CT molecular complexity index is 941. The Morgan fingerprint density at radius 2 is 1.60 bits per heavy atom. The molecule has 4 N–H and O–H groups in total. The standard InChI is InChI=1S/C30H48O5/c1-16-10-11-30(25(34)35)13-12-28(6)18(22(30)17(16)2)8-9-21-27(5)14-20(32)24(33)26(3,4)23(27)19(31)15-29(21,28)7/h8,16-17,19-24,31-33H,9-15H2,1-7H3,(H,34,35)/t16-,17+,19-,20-,21-,22+,23-,24+,27-,28-,29-,30+/m1/s1. The van der Waals surface area contributed by atoms with Crippen LogP contribution in [0.3, 0.4) is 0 Å². The quantitative estimate of drug-likeness (QED) is 0.388. The molecule has 198 valence electrons. The lowest BCUT2D eigenvalue weighted by molar-refractivity contribution is -0.263. The van der Waals surface area contributed by atoms with Crippen LogP contribution in [0.5, 0.6) is 0 Å². The monoisotopic (exact) mass is 488 g/mol. The van der Waals surface area contributed by atoms with Gasteiger partial charge < -0.3 is 20.4 Å². The molecule has 5 rings (SSSR count). The molecule has 0 bridgehead atoms. The van der Waals surface area contributed by atoms with Gasteiger partial charge >= 0.3 is 5.97 Å². The molecule has 0 heterocycles. The van der Waals surface area contributed by atoms with Crippen molar-refractivity contribution < 1.29 is 25.2 Å². The van der Waals surface area contributed by atoms with Gasteiger partial charge in [0.25, 0.3) is 0 Å². The van der Waals surface area contributed by atoms with E-state index in [-0.39, 0.29) is 34.0 Å². The fraction of sp³-hybridized carbons (Fsp3) is 0.900. The molecule has 4 fully saturated rings. The molecule has 0 spiro atoms. The largest absolute Gasteiger partial charge is 0.481 e. The summed E-state index contributed by atoms with van der Waals surface area (Å²) in [6.45, 7) is 15.5. The molecule has 5 nitrogen and oxygen atoms in total. The lowest BCUT2D eigenvalue weighted by Gasteiger charge is -2.72. The minimum Gasteiger partial charge on any atom is -0.481 e. The van der Waals surface area contributed by atoms with Gasteiger partial charge in [-0.15, -0.1) is 0 Å².